The highest BCUT2D eigenvalue weighted by Crippen LogP contribution is 2.29. The molecule has 2 aromatic heterocycles. The quantitative estimate of drug-likeness (QED) is 0.265. The molecule has 3 aromatic carbocycles. The van der Waals surface area contributed by atoms with E-state index < -0.39 is 5.82 Å². The molecule has 8 heteroatoms. The summed E-state index contributed by atoms with van der Waals surface area (Å²) in [6, 6.07) is 19.1. The van der Waals surface area contributed by atoms with Gasteiger partial charge in [-0.15, -0.1) is 0 Å². The summed E-state index contributed by atoms with van der Waals surface area (Å²) < 4.78 is 22.1. The fourth-order valence-corrected chi connectivity index (χ4v) is 4.78. The van der Waals surface area contributed by atoms with Crippen molar-refractivity contribution in [2.75, 3.05) is 18.0 Å². The predicted molar refractivity (Wildman–Crippen MR) is 142 cm³/mol. The molecule has 6 nitrogen and oxygen atoms in total. The molecule has 0 aliphatic carbocycles. The molecule has 0 radical (unpaired) electrons. The van der Waals surface area contributed by atoms with Crippen LogP contribution in [0.4, 0.5) is 10.1 Å². The van der Waals surface area contributed by atoms with E-state index in [2.05, 4.69) is 15.0 Å². The van der Waals surface area contributed by atoms with E-state index >= 15 is 4.39 Å². The number of aromatic nitrogens is 2. The molecule has 6 rings (SSSR count). The maximum atomic E-state index is 15.0. The zero-order chi connectivity index (χ0) is 24.6. The summed E-state index contributed by atoms with van der Waals surface area (Å²) in [5.74, 6) is 0.171. The standard InChI is InChI=1S/C28H22ClFN4O2/c29-20-9-11-25-19(14-20)15-26(36-25)27-32-24-7-3-2-6-22(24)28(35)34(27)31-17-18-8-10-21(16-23(18)30)33-12-4-1-5-13-33/h2-3,6-11,14-17H,1,4-5,12-13H2. The summed E-state index contributed by atoms with van der Waals surface area (Å²) in [6.07, 6.45) is 4.77. The summed E-state index contributed by atoms with van der Waals surface area (Å²) in [7, 11) is 0. The second kappa shape index (κ2) is 9.24. The van der Waals surface area contributed by atoms with Crippen molar-refractivity contribution in [1.82, 2.24) is 9.66 Å². The molecule has 3 heterocycles. The lowest BCUT2D eigenvalue weighted by Gasteiger charge is -2.28. The van der Waals surface area contributed by atoms with Crippen LogP contribution in [0.2, 0.25) is 5.02 Å². The van der Waals surface area contributed by atoms with E-state index in [-0.39, 0.29) is 16.9 Å². The number of hydrogen-bond acceptors (Lipinski definition) is 5. The number of halogens is 2. The number of benzene rings is 3. The van der Waals surface area contributed by atoms with Crippen molar-refractivity contribution in [2.45, 2.75) is 19.3 Å². The van der Waals surface area contributed by atoms with E-state index in [1.165, 1.54) is 18.7 Å². The zero-order valence-corrected chi connectivity index (χ0v) is 20.1. The van der Waals surface area contributed by atoms with Crippen molar-refractivity contribution in [2.24, 2.45) is 5.10 Å². The van der Waals surface area contributed by atoms with Gasteiger partial charge in [-0.1, -0.05) is 23.7 Å². The number of fused-ring (bicyclic) bond motifs is 2. The molecule has 0 unspecified atom stereocenters. The van der Waals surface area contributed by atoms with Gasteiger partial charge >= 0.3 is 0 Å². The number of hydrogen-bond donors (Lipinski definition) is 0. The van der Waals surface area contributed by atoms with E-state index in [1.54, 1.807) is 48.5 Å². The summed E-state index contributed by atoms with van der Waals surface area (Å²) in [4.78, 5) is 20.3. The van der Waals surface area contributed by atoms with E-state index in [0.717, 1.165) is 41.7 Å². The average molecular weight is 501 g/mol. The van der Waals surface area contributed by atoms with Gasteiger partial charge in [-0.05, 0) is 73.9 Å². The van der Waals surface area contributed by atoms with Gasteiger partial charge in [0.2, 0.25) is 5.82 Å². The lowest BCUT2D eigenvalue weighted by molar-refractivity contribution is 0.574. The van der Waals surface area contributed by atoms with E-state index in [4.69, 9.17) is 16.0 Å². The molecular weight excluding hydrogens is 479 g/mol. The van der Waals surface area contributed by atoms with Crippen LogP contribution in [0, 0.1) is 5.82 Å². The molecular formula is C28H22ClFN4O2. The van der Waals surface area contributed by atoms with Gasteiger partial charge in [-0.3, -0.25) is 4.79 Å². The Bertz CT molecular complexity index is 1680. The third kappa shape index (κ3) is 4.16. The normalized spacial score (nSPS) is 14.3. The Morgan fingerprint density at radius 1 is 1.00 bits per heavy atom. The Morgan fingerprint density at radius 3 is 2.67 bits per heavy atom. The third-order valence-corrected chi connectivity index (χ3v) is 6.71. The minimum Gasteiger partial charge on any atom is -0.453 e. The SMILES string of the molecule is O=c1c2ccccc2nc(-c2cc3cc(Cl)ccc3o2)n1N=Cc1ccc(N2CCCCC2)cc1F. The van der Waals surface area contributed by atoms with Crippen molar-refractivity contribution >= 4 is 45.4 Å². The minimum absolute atomic E-state index is 0.215. The molecule has 0 saturated carbocycles. The molecule has 36 heavy (non-hydrogen) atoms. The first kappa shape index (κ1) is 22.5. The van der Waals surface area contributed by atoms with Crippen molar-refractivity contribution in [3.05, 3.63) is 93.5 Å². The summed E-state index contributed by atoms with van der Waals surface area (Å²) in [5.41, 5.74) is 1.87. The first-order valence-electron chi connectivity index (χ1n) is 11.9. The predicted octanol–water partition coefficient (Wildman–Crippen LogP) is 6.47. The highest BCUT2D eigenvalue weighted by molar-refractivity contribution is 6.31. The lowest BCUT2D eigenvalue weighted by Crippen LogP contribution is -2.29. The first-order valence-corrected chi connectivity index (χ1v) is 12.2. The first-order chi connectivity index (χ1) is 17.6. The van der Waals surface area contributed by atoms with Crippen LogP contribution in [0.3, 0.4) is 0 Å². The zero-order valence-electron chi connectivity index (χ0n) is 19.3. The van der Waals surface area contributed by atoms with Crippen molar-refractivity contribution in [1.29, 1.82) is 0 Å². The van der Waals surface area contributed by atoms with Crippen molar-refractivity contribution in [3.8, 4) is 11.6 Å². The molecule has 0 atom stereocenters. The molecule has 0 amide bonds. The molecule has 5 aromatic rings. The molecule has 1 saturated heterocycles. The van der Waals surface area contributed by atoms with Gasteiger partial charge in [0.25, 0.3) is 5.56 Å². The maximum Gasteiger partial charge on any atom is 0.282 e. The largest absolute Gasteiger partial charge is 0.453 e. The number of furan rings is 1. The van der Waals surface area contributed by atoms with Gasteiger partial charge in [-0.25, -0.2) is 9.37 Å². The highest BCUT2D eigenvalue weighted by atomic mass is 35.5. The number of rotatable bonds is 4. The van der Waals surface area contributed by atoms with E-state index in [9.17, 15) is 4.79 Å². The van der Waals surface area contributed by atoms with Crippen molar-refractivity contribution < 1.29 is 8.81 Å². The Morgan fingerprint density at radius 2 is 1.83 bits per heavy atom. The van der Waals surface area contributed by atoms with Gasteiger partial charge in [-0.2, -0.15) is 9.78 Å². The minimum atomic E-state index is -0.399. The summed E-state index contributed by atoms with van der Waals surface area (Å²) in [5, 5.41) is 6.11. The van der Waals surface area contributed by atoms with Crippen LogP contribution >= 0.6 is 11.6 Å². The maximum absolute atomic E-state index is 15.0. The van der Waals surface area contributed by atoms with Crippen LogP contribution in [0.5, 0.6) is 0 Å². The van der Waals surface area contributed by atoms with Gasteiger partial charge in [0.05, 0.1) is 17.1 Å². The number of anilines is 1. The Hall–Kier alpha value is -3.97. The monoisotopic (exact) mass is 500 g/mol. The van der Waals surface area contributed by atoms with Crippen molar-refractivity contribution in [3.63, 3.8) is 0 Å². The van der Waals surface area contributed by atoms with Crippen LogP contribution in [0.25, 0.3) is 33.5 Å². The number of piperidine rings is 1. The molecule has 1 aliphatic rings. The van der Waals surface area contributed by atoms with Crippen LogP contribution in [0.1, 0.15) is 24.8 Å². The second-order valence-electron chi connectivity index (χ2n) is 8.86. The molecule has 0 bridgehead atoms. The lowest BCUT2D eigenvalue weighted by atomic mass is 10.1. The molecule has 1 aliphatic heterocycles. The summed E-state index contributed by atoms with van der Waals surface area (Å²) in [6.45, 7) is 1.86. The van der Waals surface area contributed by atoms with Gasteiger partial charge in [0, 0.05) is 34.7 Å². The molecule has 1 fully saturated rings. The van der Waals surface area contributed by atoms with Gasteiger partial charge in [0.15, 0.2) is 5.76 Å². The van der Waals surface area contributed by atoms with Gasteiger partial charge in [0.1, 0.15) is 11.4 Å². The van der Waals surface area contributed by atoms with Crippen LogP contribution in [-0.4, -0.2) is 29.0 Å². The van der Waals surface area contributed by atoms with Gasteiger partial charge < -0.3 is 9.32 Å². The average Bonchev–Trinajstić information content (AvgIpc) is 3.32. The van der Waals surface area contributed by atoms with Crippen LogP contribution in [0.15, 0.2) is 81.0 Å². The Labute approximate surface area is 211 Å². The van der Waals surface area contributed by atoms with E-state index in [1.807, 2.05) is 12.1 Å². The fraction of sp³-hybridized carbons (Fsp3) is 0.179. The number of nitrogens with zero attached hydrogens (tertiary/aromatic N) is 4. The van der Waals surface area contributed by atoms with Crippen LogP contribution in [-0.2, 0) is 0 Å². The fourth-order valence-electron chi connectivity index (χ4n) is 4.60. The molecule has 0 spiro atoms. The van der Waals surface area contributed by atoms with Crippen LogP contribution < -0.4 is 10.5 Å². The number of para-hydroxylation sites is 1. The second-order valence-corrected chi connectivity index (χ2v) is 9.30. The van der Waals surface area contributed by atoms with E-state index in [0.29, 0.717) is 27.3 Å². The molecule has 0 N–H and O–H groups in total. The smallest absolute Gasteiger partial charge is 0.282 e. The third-order valence-electron chi connectivity index (χ3n) is 6.47. The summed E-state index contributed by atoms with van der Waals surface area (Å²) >= 11 is 6.13. The molecule has 180 valence electrons. The Kier molecular flexibility index (Phi) is 5.77. The highest BCUT2D eigenvalue weighted by Gasteiger charge is 2.17. The topological polar surface area (TPSA) is 63.6 Å². The Balaban J connectivity index is 1.44.